The van der Waals surface area contributed by atoms with Gasteiger partial charge in [-0.25, -0.2) is 9.50 Å². The zero-order valence-electron chi connectivity index (χ0n) is 15.0. The Morgan fingerprint density at radius 1 is 1.11 bits per heavy atom. The number of hydrogen-bond acceptors (Lipinski definition) is 4. The normalized spacial score (nSPS) is 31.5. The molecule has 1 N–H and O–H groups in total. The molecule has 1 amide bonds. The van der Waals surface area contributed by atoms with Gasteiger partial charge in [0.25, 0.3) is 5.91 Å². The first-order valence-electron chi connectivity index (χ1n) is 9.94. The molecule has 0 atom stereocenters. The van der Waals surface area contributed by atoms with Crippen LogP contribution >= 0.6 is 11.3 Å². The van der Waals surface area contributed by atoms with E-state index in [0.29, 0.717) is 29.1 Å². The number of aromatic nitrogens is 3. The average Bonchev–Trinajstić information content (AvgIpc) is 3.33. The van der Waals surface area contributed by atoms with Gasteiger partial charge in [0.05, 0.1) is 16.8 Å². The van der Waals surface area contributed by atoms with Crippen LogP contribution in [-0.4, -0.2) is 26.5 Å². The summed E-state index contributed by atoms with van der Waals surface area (Å²) in [5.74, 6) is 3.14. The third-order valence-electron chi connectivity index (χ3n) is 6.94. The molecule has 0 aromatic carbocycles. The van der Waals surface area contributed by atoms with Crippen LogP contribution in [0.5, 0.6) is 0 Å². The molecule has 4 fully saturated rings. The predicted octanol–water partition coefficient (Wildman–Crippen LogP) is 4.01. The number of carbonyl (C=O) groups excluding carboxylic acids is 1. The number of fused-ring (bicyclic) bond motifs is 1. The smallest absolute Gasteiger partial charge is 0.257 e. The molecule has 0 spiro atoms. The number of amides is 1. The lowest BCUT2D eigenvalue weighted by Crippen LogP contribution is -2.55. The van der Waals surface area contributed by atoms with Crippen molar-refractivity contribution in [1.29, 1.82) is 0 Å². The monoisotopic (exact) mass is 378 g/mol. The van der Waals surface area contributed by atoms with E-state index in [9.17, 15) is 4.79 Å². The Morgan fingerprint density at radius 3 is 2.59 bits per heavy atom. The van der Waals surface area contributed by atoms with Crippen LogP contribution in [0.1, 0.15) is 42.5 Å². The first kappa shape index (κ1) is 15.8. The lowest BCUT2D eigenvalue weighted by atomic mass is 9.54. The van der Waals surface area contributed by atoms with E-state index in [1.54, 1.807) is 28.2 Å². The Bertz CT molecular complexity index is 981. The molecule has 0 radical (unpaired) electrons. The van der Waals surface area contributed by atoms with E-state index in [-0.39, 0.29) is 5.91 Å². The van der Waals surface area contributed by atoms with Crippen LogP contribution < -0.4 is 5.32 Å². The van der Waals surface area contributed by atoms with E-state index in [1.807, 2.05) is 17.5 Å². The molecule has 3 aromatic rings. The lowest BCUT2D eigenvalue weighted by molar-refractivity contribution is -0.0119. The Labute approximate surface area is 161 Å². The molecule has 7 rings (SSSR count). The molecule has 3 aromatic heterocycles. The minimum absolute atomic E-state index is 0.0155. The Kier molecular flexibility index (Phi) is 3.45. The summed E-state index contributed by atoms with van der Waals surface area (Å²) in [7, 11) is 0. The molecule has 3 heterocycles. The minimum atomic E-state index is -0.0155. The van der Waals surface area contributed by atoms with Crippen molar-refractivity contribution in [2.24, 2.45) is 23.7 Å². The molecule has 4 saturated carbocycles. The fourth-order valence-corrected chi connectivity index (χ4v) is 6.79. The molecule has 138 valence electrons. The van der Waals surface area contributed by atoms with Crippen LogP contribution in [0.2, 0.25) is 0 Å². The van der Waals surface area contributed by atoms with Gasteiger partial charge in [-0.2, -0.15) is 5.10 Å². The second-order valence-electron chi connectivity index (χ2n) is 8.53. The first-order valence-corrected chi connectivity index (χ1v) is 10.8. The number of hydrogen-bond donors (Lipinski definition) is 1. The summed E-state index contributed by atoms with van der Waals surface area (Å²) in [6, 6.07) is 6.37. The van der Waals surface area contributed by atoms with Crippen LogP contribution in [-0.2, 0) is 0 Å². The lowest BCUT2D eigenvalue weighted by Gasteiger charge is -2.54. The maximum Gasteiger partial charge on any atom is 0.257 e. The zero-order chi connectivity index (χ0) is 18.0. The van der Waals surface area contributed by atoms with Gasteiger partial charge >= 0.3 is 0 Å². The summed E-state index contributed by atoms with van der Waals surface area (Å²) in [6.45, 7) is 0. The highest BCUT2D eigenvalue weighted by Crippen LogP contribution is 2.53. The third kappa shape index (κ3) is 2.46. The van der Waals surface area contributed by atoms with Gasteiger partial charge < -0.3 is 5.32 Å². The first-order chi connectivity index (χ1) is 13.3. The fourth-order valence-electron chi connectivity index (χ4n) is 6.05. The van der Waals surface area contributed by atoms with Crippen LogP contribution in [0.25, 0.3) is 16.2 Å². The number of nitrogens with one attached hydrogen (secondary N) is 1. The standard InChI is InChI=1S/C21H22N4OS/c26-21(24-19-14-7-12-6-13(9-14)10-15(19)8-12)16-11-23-25-17(3-4-22-20(16)25)18-2-1-5-27-18/h1-5,11-15,19H,6-10H2,(H,24,26). The third-order valence-corrected chi connectivity index (χ3v) is 7.84. The van der Waals surface area contributed by atoms with Crippen molar-refractivity contribution < 1.29 is 4.79 Å². The van der Waals surface area contributed by atoms with Gasteiger partial charge in [-0.05, 0) is 73.3 Å². The average molecular weight is 379 g/mol. The predicted molar refractivity (Wildman–Crippen MR) is 105 cm³/mol. The topological polar surface area (TPSA) is 59.3 Å². The molecular formula is C21H22N4OS. The number of rotatable bonds is 3. The van der Waals surface area contributed by atoms with Crippen LogP contribution in [0, 0.1) is 23.7 Å². The summed E-state index contributed by atoms with van der Waals surface area (Å²) in [6.07, 6.45) is 10.1. The second kappa shape index (κ2) is 5.89. The van der Waals surface area contributed by atoms with Crippen molar-refractivity contribution in [3.05, 3.63) is 41.5 Å². The van der Waals surface area contributed by atoms with Gasteiger partial charge in [-0.15, -0.1) is 11.3 Å². The van der Waals surface area contributed by atoms with Crippen molar-refractivity contribution in [3.63, 3.8) is 0 Å². The maximum atomic E-state index is 13.1. The van der Waals surface area contributed by atoms with E-state index < -0.39 is 0 Å². The summed E-state index contributed by atoms with van der Waals surface area (Å²) in [5.41, 5.74) is 2.20. The van der Waals surface area contributed by atoms with Crippen molar-refractivity contribution in [2.75, 3.05) is 0 Å². The minimum Gasteiger partial charge on any atom is -0.349 e. The van der Waals surface area contributed by atoms with E-state index >= 15 is 0 Å². The quantitative estimate of drug-likeness (QED) is 0.749. The maximum absolute atomic E-state index is 13.1. The highest BCUT2D eigenvalue weighted by atomic mass is 32.1. The van der Waals surface area contributed by atoms with Crippen molar-refractivity contribution in [2.45, 2.75) is 38.1 Å². The SMILES string of the molecule is O=C(NC1C2CC3CC(C2)CC1C3)c1cnn2c(-c3cccs3)ccnc12. The molecule has 0 saturated heterocycles. The summed E-state index contributed by atoms with van der Waals surface area (Å²) >= 11 is 1.66. The van der Waals surface area contributed by atoms with E-state index in [0.717, 1.165) is 22.4 Å². The van der Waals surface area contributed by atoms with Gasteiger partial charge in [0.2, 0.25) is 0 Å². The molecule has 4 bridgehead atoms. The largest absolute Gasteiger partial charge is 0.349 e. The molecule has 5 nitrogen and oxygen atoms in total. The Morgan fingerprint density at radius 2 is 1.89 bits per heavy atom. The molecule has 6 heteroatoms. The van der Waals surface area contributed by atoms with Crippen LogP contribution in [0.3, 0.4) is 0 Å². The number of carbonyl (C=O) groups is 1. The van der Waals surface area contributed by atoms with Crippen molar-refractivity contribution in [1.82, 2.24) is 19.9 Å². The number of thiophene rings is 1. The Hall–Kier alpha value is -2.21. The van der Waals surface area contributed by atoms with Gasteiger partial charge in [0.1, 0.15) is 5.56 Å². The van der Waals surface area contributed by atoms with Gasteiger partial charge in [-0.1, -0.05) is 6.07 Å². The summed E-state index contributed by atoms with van der Waals surface area (Å²) in [5, 5.41) is 9.91. The van der Waals surface area contributed by atoms with E-state index in [1.165, 1.54) is 32.1 Å². The summed E-state index contributed by atoms with van der Waals surface area (Å²) < 4.78 is 1.79. The molecule has 4 aliphatic carbocycles. The van der Waals surface area contributed by atoms with Crippen LogP contribution in [0.4, 0.5) is 0 Å². The fraction of sp³-hybridized carbons (Fsp3) is 0.476. The van der Waals surface area contributed by atoms with E-state index in [4.69, 9.17) is 0 Å². The molecule has 0 aliphatic heterocycles. The molecule has 27 heavy (non-hydrogen) atoms. The Balaban J connectivity index is 1.31. The van der Waals surface area contributed by atoms with Gasteiger partial charge in [-0.3, -0.25) is 4.79 Å². The molecular weight excluding hydrogens is 356 g/mol. The molecule has 4 aliphatic rings. The highest BCUT2D eigenvalue weighted by molar-refractivity contribution is 7.13. The van der Waals surface area contributed by atoms with Crippen molar-refractivity contribution in [3.8, 4) is 10.6 Å². The second-order valence-corrected chi connectivity index (χ2v) is 9.48. The summed E-state index contributed by atoms with van der Waals surface area (Å²) in [4.78, 5) is 18.7. The van der Waals surface area contributed by atoms with Gasteiger partial charge in [0.15, 0.2) is 5.65 Å². The van der Waals surface area contributed by atoms with Gasteiger partial charge in [0, 0.05) is 12.2 Å². The molecule has 0 unspecified atom stereocenters. The van der Waals surface area contributed by atoms with E-state index in [2.05, 4.69) is 21.5 Å². The highest BCUT2D eigenvalue weighted by Gasteiger charge is 2.48. The number of nitrogens with zero attached hydrogens (tertiary/aromatic N) is 3. The zero-order valence-corrected chi connectivity index (χ0v) is 15.9. The van der Waals surface area contributed by atoms with Crippen molar-refractivity contribution >= 4 is 22.9 Å². The van der Waals surface area contributed by atoms with Crippen LogP contribution in [0.15, 0.2) is 36.0 Å².